The number of aryl methyl sites for hydroxylation is 1. The van der Waals surface area contributed by atoms with Gasteiger partial charge in [0.1, 0.15) is 11.5 Å². The van der Waals surface area contributed by atoms with Crippen molar-refractivity contribution in [2.75, 3.05) is 0 Å². The van der Waals surface area contributed by atoms with Gasteiger partial charge < -0.3 is 9.47 Å². The van der Waals surface area contributed by atoms with E-state index in [2.05, 4.69) is 0 Å². The molecule has 0 saturated carbocycles. The number of esters is 1. The minimum Gasteiger partial charge on any atom is -0.452 e. The summed E-state index contributed by atoms with van der Waals surface area (Å²) in [7, 11) is 0. The third kappa shape index (κ3) is 4.17. The van der Waals surface area contributed by atoms with Gasteiger partial charge in [-0.3, -0.25) is 4.79 Å². The van der Waals surface area contributed by atoms with Crippen LogP contribution in [-0.2, 0) is 4.79 Å². The minimum absolute atomic E-state index is 0.190. The summed E-state index contributed by atoms with van der Waals surface area (Å²) in [4.78, 5) is 24.7. The Morgan fingerprint density at radius 3 is 2.52 bits per heavy atom. The van der Waals surface area contributed by atoms with Crippen LogP contribution in [0.4, 0.5) is 0 Å². The zero-order chi connectivity index (χ0) is 20.2. The Hall–Kier alpha value is -3.92. The first kappa shape index (κ1) is 18.4. The second-order valence-corrected chi connectivity index (χ2v) is 6.62. The summed E-state index contributed by atoms with van der Waals surface area (Å²) in [5.74, 6) is 0.254. The Morgan fingerprint density at radius 2 is 1.72 bits per heavy atom. The number of allylic oxidation sites excluding steroid dienone is 1. The Morgan fingerprint density at radius 1 is 0.966 bits per heavy atom. The van der Waals surface area contributed by atoms with Crippen LogP contribution >= 0.6 is 0 Å². The smallest absolute Gasteiger partial charge is 0.336 e. The molecule has 29 heavy (non-hydrogen) atoms. The van der Waals surface area contributed by atoms with Gasteiger partial charge in [-0.15, -0.1) is 0 Å². The number of hydrogen-bond donors (Lipinski definition) is 0. The van der Waals surface area contributed by atoms with E-state index < -0.39 is 5.97 Å². The van der Waals surface area contributed by atoms with Crippen molar-refractivity contribution >= 4 is 23.9 Å². The maximum Gasteiger partial charge on any atom is 0.336 e. The van der Waals surface area contributed by atoms with Gasteiger partial charge in [0.25, 0.3) is 0 Å². The summed E-state index contributed by atoms with van der Waals surface area (Å²) in [6.07, 6.45) is 4.77. The van der Waals surface area contributed by atoms with Crippen LogP contribution in [0.25, 0.3) is 12.2 Å². The molecule has 0 aromatic heterocycles. The minimum atomic E-state index is -0.506. The van der Waals surface area contributed by atoms with Gasteiger partial charge in [-0.2, -0.15) is 0 Å². The normalized spacial score (nSPS) is 14.1. The molecule has 1 aliphatic heterocycles. The van der Waals surface area contributed by atoms with Crippen LogP contribution in [0.5, 0.6) is 11.5 Å². The summed E-state index contributed by atoms with van der Waals surface area (Å²) >= 11 is 0. The Kier molecular flexibility index (Phi) is 5.08. The van der Waals surface area contributed by atoms with Crippen LogP contribution in [-0.4, -0.2) is 11.8 Å². The van der Waals surface area contributed by atoms with Crippen molar-refractivity contribution in [1.82, 2.24) is 0 Å². The van der Waals surface area contributed by atoms with Gasteiger partial charge in [-0.05, 0) is 47.9 Å². The Balaban J connectivity index is 1.49. The number of carbonyl (C=O) groups excluding carboxylic acids is 2. The quantitative estimate of drug-likeness (QED) is 0.352. The number of rotatable bonds is 4. The average molecular weight is 382 g/mol. The molecule has 4 heteroatoms. The first-order valence-electron chi connectivity index (χ1n) is 9.19. The van der Waals surface area contributed by atoms with Crippen molar-refractivity contribution in [1.29, 1.82) is 0 Å². The van der Waals surface area contributed by atoms with Crippen LogP contribution in [0, 0.1) is 6.92 Å². The molecule has 0 saturated heterocycles. The molecular weight excluding hydrogens is 364 g/mol. The van der Waals surface area contributed by atoms with E-state index in [9.17, 15) is 9.59 Å². The van der Waals surface area contributed by atoms with E-state index >= 15 is 0 Å². The first-order chi connectivity index (χ1) is 14.1. The summed E-state index contributed by atoms with van der Waals surface area (Å²) in [6, 6.07) is 22.0. The molecule has 0 radical (unpaired) electrons. The Bertz CT molecular complexity index is 1140. The molecule has 0 aliphatic carbocycles. The molecule has 0 atom stereocenters. The number of ether oxygens (including phenoxy) is 2. The number of benzene rings is 3. The van der Waals surface area contributed by atoms with Crippen LogP contribution in [0.2, 0.25) is 0 Å². The van der Waals surface area contributed by atoms with Gasteiger partial charge in [0.15, 0.2) is 5.76 Å². The summed E-state index contributed by atoms with van der Waals surface area (Å²) in [6.45, 7) is 1.97. The molecule has 0 N–H and O–H groups in total. The van der Waals surface area contributed by atoms with Crippen molar-refractivity contribution in [2.45, 2.75) is 6.92 Å². The zero-order valence-electron chi connectivity index (χ0n) is 15.8. The molecule has 142 valence electrons. The number of Topliss-reactive ketones (excluding diaryl/α,β-unsaturated/α-hetero) is 1. The van der Waals surface area contributed by atoms with E-state index in [1.54, 1.807) is 30.4 Å². The van der Waals surface area contributed by atoms with Crippen LogP contribution in [0.3, 0.4) is 0 Å². The Labute approximate surface area is 168 Å². The molecule has 3 aromatic carbocycles. The maximum atomic E-state index is 12.6. The fourth-order valence-corrected chi connectivity index (χ4v) is 3.00. The second-order valence-electron chi connectivity index (χ2n) is 6.62. The topological polar surface area (TPSA) is 52.6 Å². The molecule has 0 bridgehead atoms. The summed E-state index contributed by atoms with van der Waals surface area (Å²) in [5, 5.41) is 0. The number of ketones is 1. The van der Waals surface area contributed by atoms with Crippen LogP contribution in [0.15, 0.2) is 84.6 Å². The lowest BCUT2D eigenvalue weighted by molar-refractivity contribution is -0.128. The highest BCUT2D eigenvalue weighted by Gasteiger charge is 2.28. The third-order valence-corrected chi connectivity index (χ3v) is 4.55. The van der Waals surface area contributed by atoms with Crippen molar-refractivity contribution in [3.8, 4) is 11.5 Å². The van der Waals surface area contributed by atoms with Crippen molar-refractivity contribution < 1.29 is 19.1 Å². The molecule has 0 fully saturated rings. The predicted molar refractivity (Wildman–Crippen MR) is 112 cm³/mol. The van der Waals surface area contributed by atoms with Crippen LogP contribution < -0.4 is 9.47 Å². The molecule has 0 spiro atoms. The average Bonchev–Trinajstić information content (AvgIpc) is 3.04. The highest BCUT2D eigenvalue weighted by Crippen LogP contribution is 2.35. The molecule has 0 amide bonds. The molecule has 1 heterocycles. The number of fused-ring (bicyclic) bond motifs is 1. The number of hydrogen-bond acceptors (Lipinski definition) is 4. The van der Waals surface area contributed by atoms with Gasteiger partial charge in [0, 0.05) is 12.1 Å². The zero-order valence-corrected chi connectivity index (χ0v) is 15.8. The molecule has 3 aromatic rings. The van der Waals surface area contributed by atoms with Crippen molar-refractivity contribution in [3.05, 3.63) is 107 Å². The molecule has 4 nitrogen and oxygen atoms in total. The van der Waals surface area contributed by atoms with E-state index in [0.717, 1.165) is 16.7 Å². The van der Waals surface area contributed by atoms with E-state index in [1.165, 1.54) is 6.08 Å². The summed E-state index contributed by atoms with van der Waals surface area (Å²) in [5.41, 5.74) is 3.32. The lowest BCUT2D eigenvalue weighted by atomic mass is 10.1. The standard InChI is InChI=1S/C25H18O4/c1-17-7-5-6-10-19(17)15-23-25(27)21-13-12-20(16-22(21)29-23)28-24(26)14-11-18-8-3-2-4-9-18/h2-16H,1H3/b14-11+,23-15-. The largest absolute Gasteiger partial charge is 0.452 e. The first-order valence-corrected chi connectivity index (χ1v) is 9.19. The number of carbonyl (C=O) groups is 2. The van der Waals surface area contributed by atoms with Crippen LogP contribution in [0.1, 0.15) is 27.0 Å². The fourth-order valence-electron chi connectivity index (χ4n) is 3.00. The van der Waals surface area contributed by atoms with E-state index in [0.29, 0.717) is 17.1 Å². The van der Waals surface area contributed by atoms with Gasteiger partial charge in [-0.25, -0.2) is 4.79 Å². The molecule has 0 unspecified atom stereocenters. The van der Waals surface area contributed by atoms with E-state index in [4.69, 9.17) is 9.47 Å². The maximum absolute atomic E-state index is 12.6. The van der Waals surface area contributed by atoms with Gasteiger partial charge in [-0.1, -0.05) is 54.6 Å². The predicted octanol–water partition coefficient (Wildman–Crippen LogP) is 5.23. The third-order valence-electron chi connectivity index (χ3n) is 4.55. The van der Waals surface area contributed by atoms with Gasteiger partial charge in [0.05, 0.1) is 5.56 Å². The van der Waals surface area contributed by atoms with Gasteiger partial charge in [0.2, 0.25) is 5.78 Å². The highest BCUT2D eigenvalue weighted by atomic mass is 16.5. The van der Waals surface area contributed by atoms with Crippen molar-refractivity contribution in [3.63, 3.8) is 0 Å². The monoisotopic (exact) mass is 382 g/mol. The van der Waals surface area contributed by atoms with Crippen molar-refractivity contribution in [2.24, 2.45) is 0 Å². The lowest BCUT2D eigenvalue weighted by Gasteiger charge is -2.04. The molecular formula is C25H18O4. The fraction of sp³-hybridized carbons (Fsp3) is 0.0400. The second kappa shape index (κ2) is 7.98. The van der Waals surface area contributed by atoms with Gasteiger partial charge >= 0.3 is 5.97 Å². The molecule has 4 rings (SSSR count). The molecule has 1 aliphatic rings. The SMILES string of the molecule is Cc1ccccc1/C=C1\Oc2cc(OC(=O)/C=C/c3ccccc3)ccc2C1=O. The highest BCUT2D eigenvalue weighted by molar-refractivity contribution is 6.14. The van der Waals surface area contributed by atoms with E-state index in [-0.39, 0.29) is 11.5 Å². The van der Waals surface area contributed by atoms with E-state index in [1.807, 2.05) is 61.5 Å². The lowest BCUT2D eigenvalue weighted by Crippen LogP contribution is -2.03. The summed E-state index contributed by atoms with van der Waals surface area (Å²) < 4.78 is 11.1.